The minimum absolute atomic E-state index is 0.389. The van der Waals surface area contributed by atoms with E-state index in [2.05, 4.69) is 20.2 Å². The maximum atomic E-state index is 6.18. The summed E-state index contributed by atoms with van der Waals surface area (Å²) in [6.45, 7) is 6.58. The summed E-state index contributed by atoms with van der Waals surface area (Å²) in [5.41, 5.74) is 6.57. The molecule has 4 nitrogen and oxygen atoms in total. The van der Waals surface area contributed by atoms with Crippen molar-refractivity contribution in [2.24, 2.45) is 11.1 Å². The molecule has 21 heavy (non-hydrogen) atoms. The third-order valence-electron chi connectivity index (χ3n) is 5.22. The van der Waals surface area contributed by atoms with Gasteiger partial charge in [-0.15, -0.1) is 11.3 Å². The van der Waals surface area contributed by atoms with Crippen LogP contribution in [0.5, 0.6) is 0 Å². The standard InChI is InChI=1S/C16H28N4S/c17-13-16(5-3-1-2-4-6-16)14-19-8-10-20(11-9-19)15-18-7-12-21-15/h7,12H,1-6,8-11,13-14,17H2. The fourth-order valence-electron chi connectivity index (χ4n) is 3.85. The molecule has 0 spiro atoms. The quantitative estimate of drug-likeness (QED) is 0.868. The third kappa shape index (κ3) is 3.76. The Morgan fingerprint density at radius 1 is 1.10 bits per heavy atom. The molecular weight excluding hydrogens is 280 g/mol. The van der Waals surface area contributed by atoms with Crippen molar-refractivity contribution in [2.75, 3.05) is 44.2 Å². The second kappa shape index (κ2) is 7.07. The minimum atomic E-state index is 0.389. The zero-order valence-electron chi connectivity index (χ0n) is 13.0. The topological polar surface area (TPSA) is 45.4 Å². The summed E-state index contributed by atoms with van der Waals surface area (Å²) >= 11 is 1.75. The Labute approximate surface area is 132 Å². The molecular formula is C16H28N4S. The van der Waals surface area contributed by atoms with Gasteiger partial charge in [-0.2, -0.15) is 0 Å². The van der Waals surface area contributed by atoms with Crippen molar-refractivity contribution in [2.45, 2.75) is 38.5 Å². The van der Waals surface area contributed by atoms with Crippen LogP contribution in [0.3, 0.4) is 0 Å². The Hall–Kier alpha value is -0.650. The largest absolute Gasteiger partial charge is 0.346 e. The highest BCUT2D eigenvalue weighted by Gasteiger charge is 2.32. The number of rotatable bonds is 4. The van der Waals surface area contributed by atoms with E-state index in [0.29, 0.717) is 5.41 Å². The summed E-state index contributed by atoms with van der Waals surface area (Å²) in [7, 11) is 0. The van der Waals surface area contributed by atoms with Crippen molar-refractivity contribution >= 4 is 16.5 Å². The zero-order valence-corrected chi connectivity index (χ0v) is 13.8. The molecule has 0 unspecified atom stereocenters. The zero-order chi connectivity index (χ0) is 14.5. The lowest BCUT2D eigenvalue weighted by Crippen LogP contribution is -2.51. The molecule has 1 aliphatic carbocycles. The van der Waals surface area contributed by atoms with Crippen molar-refractivity contribution in [3.8, 4) is 0 Å². The van der Waals surface area contributed by atoms with Crippen molar-refractivity contribution < 1.29 is 0 Å². The summed E-state index contributed by atoms with van der Waals surface area (Å²) in [5.74, 6) is 0. The lowest BCUT2D eigenvalue weighted by Gasteiger charge is -2.41. The molecule has 118 valence electrons. The first kappa shape index (κ1) is 15.3. The van der Waals surface area contributed by atoms with Crippen molar-refractivity contribution in [3.05, 3.63) is 11.6 Å². The van der Waals surface area contributed by atoms with E-state index in [1.165, 1.54) is 50.2 Å². The molecule has 0 amide bonds. The van der Waals surface area contributed by atoms with Gasteiger partial charge in [-0.3, -0.25) is 4.90 Å². The van der Waals surface area contributed by atoms with Gasteiger partial charge in [0.25, 0.3) is 0 Å². The highest BCUT2D eigenvalue weighted by atomic mass is 32.1. The van der Waals surface area contributed by atoms with Crippen molar-refractivity contribution in [1.82, 2.24) is 9.88 Å². The molecule has 0 bridgehead atoms. The van der Waals surface area contributed by atoms with E-state index >= 15 is 0 Å². The minimum Gasteiger partial charge on any atom is -0.346 e. The molecule has 0 radical (unpaired) electrons. The SMILES string of the molecule is NCC1(CN2CCN(c3nccs3)CC2)CCCCCC1. The van der Waals surface area contributed by atoms with Gasteiger partial charge in [0.05, 0.1) is 0 Å². The van der Waals surface area contributed by atoms with Gasteiger partial charge in [0.15, 0.2) is 5.13 Å². The van der Waals surface area contributed by atoms with Gasteiger partial charge in [-0.25, -0.2) is 4.98 Å². The number of thiazole rings is 1. The first-order chi connectivity index (χ1) is 10.3. The maximum Gasteiger partial charge on any atom is 0.185 e. The van der Waals surface area contributed by atoms with Gasteiger partial charge >= 0.3 is 0 Å². The smallest absolute Gasteiger partial charge is 0.185 e. The fourth-order valence-corrected chi connectivity index (χ4v) is 4.55. The molecule has 2 heterocycles. The molecule has 5 heteroatoms. The van der Waals surface area contributed by atoms with Crippen LogP contribution in [0.4, 0.5) is 5.13 Å². The summed E-state index contributed by atoms with van der Waals surface area (Å²) in [5, 5.41) is 3.24. The molecule has 1 aliphatic heterocycles. The number of anilines is 1. The second-order valence-corrected chi connectivity index (χ2v) is 7.57. The van der Waals surface area contributed by atoms with Crippen molar-refractivity contribution in [1.29, 1.82) is 0 Å². The predicted molar refractivity (Wildman–Crippen MR) is 90.0 cm³/mol. The Morgan fingerprint density at radius 3 is 2.38 bits per heavy atom. The van der Waals surface area contributed by atoms with Gasteiger partial charge in [0.1, 0.15) is 0 Å². The Morgan fingerprint density at radius 2 is 1.81 bits per heavy atom. The molecule has 0 atom stereocenters. The van der Waals surface area contributed by atoms with E-state index in [0.717, 1.165) is 32.7 Å². The molecule has 1 saturated heterocycles. The number of piperazine rings is 1. The van der Waals surface area contributed by atoms with Crippen LogP contribution in [0.1, 0.15) is 38.5 Å². The van der Waals surface area contributed by atoms with E-state index in [9.17, 15) is 0 Å². The molecule has 2 N–H and O–H groups in total. The van der Waals surface area contributed by atoms with Gasteiger partial charge in [0, 0.05) is 44.3 Å². The average molecular weight is 308 g/mol. The van der Waals surface area contributed by atoms with Crippen LogP contribution in [0.15, 0.2) is 11.6 Å². The van der Waals surface area contributed by atoms with Gasteiger partial charge in [-0.05, 0) is 24.8 Å². The van der Waals surface area contributed by atoms with E-state index in [1.54, 1.807) is 11.3 Å². The predicted octanol–water partition coefficient (Wildman–Crippen LogP) is 2.56. The normalized spacial score (nSPS) is 24.0. The van der Waals surface area contributed by atoms with Crippen LogP contribution in [0.25, 0.3) is 0 Å². The number of nitrogens with zero attached hydrogens (tertiary/aromatic N) is 3. The van der Waals surface area contributed by atoms with Gasteiger partial charge in [0.2, 0.25) is 0 Å². The van der Waals surface area contributed by atoms with Gasteiger partial charge in [-0.1, -0.05) is 25.7 Å². The van der Waals surface area contributed by atoms with E-state index in [1.807, 2.05) is 6.20 Å². The average Bonchev–Trinajstić information content (AvgIpc) is 2.96. The summed E-state index contributed by atoms with van der Waals surface area (Å²) in [4.78, 5) is 9.49. The Bertz CT molecular complexity index is 404. The summed E-state index contributed by atoms with van der Waals surface area (Å²) < 4.78 is 0. The Kier molecular flexibility index (Phi) is 5.14. The third-order valence-corrected chi connectivity index (χ3v) is 6.05. The van der Waals surface area contributed by atoms with E-state index < -0.39 is 0 Å². The molecule has 1 saturated carbocycles. The summed E-state index contributed by atoms with van der Waals surface area (Å²) in [6, 6.07) is 0. The van der Waals surface area contributed by atoms with Crippen molar-refractivity contribution in [3.63, 3.8) is 0 Å². The first-order valence-electron chi connectivity index (χ1n) is 8.38. The maximum absolute atomic E-state index is 6.18. The first-order valence-corrected chi connectivity index (χ1v) is 9.26. The monoisotopic (exact) mass is 308 g/mol. The lowest BCUT2D eigenvalue weighted by molar-refractivity contribution is 0.130. The molecule has 2 aliphatic rings. The molecule has 2 fully saturated rings. The molecule has 1 aromatic rings. The van der Waals surface area contributed by atoms with Crippen LogP contribution in [-0.2, 0) is 0 Å². The number of hydrogen-bond acceptors (Lipinski definition) is 5. The van der Waals surface area contributed by atoms with Crippen LogP contribution in [-0.4, -0.2) is 49.2 Å². The number of nitrogens with two attached hydrogens (primary N) is 1. The highest BCUT2D eigenvalue weighted by molar-refractivity contribution is 7.13. The van der Waals surface area contributed by atoms with Gasteiger partial charge < -0.3 is 10.6 Å². The lowest BCUT2D eigenvalue weighted by atomic mass is 9.79. The highest BCUT2D eigenvalue weighted by Crippen LogP contribution is 2.35. The fraction of sp³-hybridized carbons (Fsp3) is 0.812. The molecule has 0 aromatic carbocycles. The Balaban J connectivity index is 1.54. The summed E-state index contributed by atoms with van der Waals surface area (Å²) in [6.07, 6.45) is 10.1. The van der Waals surface area contributed by atoms with E-state index in [-0.39, 0.29) is 0 Å². The molecule has 3 rings (SSSR count). The second-order valence-electron chi connectivity index (χ2n) is 6.70. The van der Waals surface area contributed by atoms with Crippen LogP contribution < -0.4 is 10.6 Å². The van der Waals surface area contributed by atoms with Crippen LogP contribution >= 0.6 is 11.3 Å². The van der Waals surface area contributed by atoms with Crippen LogP contribution in [0.2, 0.25) is 0 Å². The number of aromatic nitrogens is 1. The van der Waals surface area contributed by atoms with E-state index in [4.69, 9.17) is 5.73 Å². The number of hydrogen-bond donors (Lipinski definition) is 1. The molecule has 1 aromatic heterocycles. The van der Waals surface area contributed by atoms with Crippen LogP contribution in [0, 0.1) is 5.41 Å².